The third-order valence-electron chi connectivity index (χ3n) is 7.25. The zero-order chi connectivity index (χ0) is 23.9. The molecule has 0 spiro atoms. The minimum absolute atomic E-state index is 0.360. The summed E-state index contributed by atoms with van der Waals surface area (Å²) in [5.41, 5.74) is -2.55. The fourth-order valence-corrected chi connectivity index (χ4v) is 5.66. The Morgan fingerprint density at radius 3 is 2.64 bits per heavy atom. The summed E-state index contributed by atoms with van der Waals surface area (Å²) in [6.45, 7) is 3.20. The molecular weight excluding hydrogens is 430 g/mol. The molecule has 0 saturated carbocycles. The molecule has 3 aliphatic heterocycles. The number of aliphatic hydroxyl groups is 3. The van der Waals surface area contributed by atoms with Crippen molar-refractivity contribution in [2.24, 2.45) is 0 Å². The van der Waals surface area contributed by atoms with Gasteiger partial charge in [0.2, 0.25) is 5.91 Å². The molecule has 4 heterocycles. The fraction of sp³-hybridized carbons (Fsp3) is 0.565. The molecule has 0 radical (unpaired) electrons. The monoisotopic (exact) mass is 459 g/mol. The minimum Gasteiger partial charge on any atom is -0.497 e. The van der Waals surface area contributed by atoms with E-state index in [9.17, 15) is 24.9 Å². The molecule has 2 saturated heterocycles. The molecule has 178 valence electrons. The van der Waals surface area contributed by atoms with Crippen LogP contribution in [-0.2, 0) is 14.3 Å². The van der Waals surface area contributed by atoms with Crippen LogP contribution in [0.4, 0.5) is 0 Å². The summed E-state index contributed by atoms with van der Waals surface area (Å²) >= 11 is 0. The lowest BCUT2D eigenvalue weighted by Crippen LogP contribution is -2.75. The smallest absolute Gasteiger partial charge is 0.279 e. The van der Waals surface area contributed by atoms with Gasteiger partial charge in [0.25, 0.3) is 11.6 Å². The molecule has 0 bridgehead atoms. The summed E-state index contributed by atoms with van der Waals surface area (Å²) < 4.78 is 11.0. The van der Waals surface area contributed by atoms with Crippen molar-refractivity contribution >= 4 is 22.7 Å². The van der Waals surface area contributed by atoms with E-state index in [1.54, 1.807) is 18.2 Å². The fourth-order valence-electron chi connectivity index (χ4n) is 5.66. The lowest BCUT2D eigenvalue weighted by Gasteiger charge is -2.56. The van der Waals surface area contributed by atoms with Crippen molar-refractivity contribution in [1.29, 1.82) is 0 Å². The van der Waals surface area contributed by atoms with E-state index in [-0.39, 0.29) is 0 Å². The van der Waals surface area contributed by atoms with Gasteiger partial charge in [0, 0.05) is 41.9 Å². The molecule has 33 heavy (non-hydrogen) atoms. The molecular formula is C23H29N3O7. The minimum atomic E-state index is -2.38. The van der Waals surface area contributed by atoms with Crippen LogP contribution in [0.1, 0.15) is 50.1 Å². The second kappa shape index (κ2) is 7.17. The van der Waals surface area contributed by atoms with Crippen LogP contribution in [0.2, 0.25) is 0 Å². The van der Waals surface area contributed by atoms with Crippen molar-refractivity contribution < 1.29 is 34.4 Å². The predicted molar refractivity (Wildman–Crippen MR) is 116 cm³/mol. The van der Waals surface area contributed by atoms with Gasteiger partial charge in [-0.2, -0.15) is 0 Å². The number of piperazine rings is 1. The number of carbonyl (C=O) groups is 2. The molecule has 5 rings (SSSR count). The number of fused-ring (bicyclic) bond motifs is 5. The first kappa shape index (κ1) is 22.1. The second-order valence-electron chi connectivity index (χ2n) is 9.61. The van der Waals surface area contributed by atoms with Crippen molar-refractivity contribution in [3.8, 4) is 5.75 Å². The highest BCUT2D eigenvalue weighted by Crippen LogP contribution is 2.53. The first-order valence-corrected chi connectivity index (χ1v) is 11.0. The third-order valence-corrected chi connectivity index (χ3v) is 7.25. The molecule has 1 aromatic carbocycles. The standard InChI is InChI=1S/C23H29N3O7/c1-22(2,30)18(27)17-16-15(12-8-7-11(32-3)10-13(12)24-16)19(33-4)23(31)21(29)25-9-5-6-14(25)20(28)26(17)23/h7-8,10,14,17-19,24,27,30-31H,5-6,9H2,1-4H3/t14-,17+,18-,19-,23-/m0/s1. The van der Waals surface area contributed by atoms with Gasteiger partial charge in [0.15, 0.2) is 0 Å². The van der Waals surface area contributed by atoms with Gasteiger partial charge in [-0.05, 0) is 38.8 Å². The Labute approximate surface area is 190 Å². The Morgan fingerprint density at radius 2 is 2.00 bits per heavy atom. The number of nitrogens with zero attached hydrogens (tertiary/aromatic N) is 2. The van der Waals surface area contributed by atoms with Gasteiger partial charge in [-0.15, -0.1) is 0 Å². The highest BCUT2D eigenvalue weighted by atomic mass is 16.5. The highest BCUT2D eigenvalue weighted by Gasteiger charge is 2.67. The molecule has 2 aromatic rings. The van der Waals surface area contributed by atoms with E-state index in [2.05, 4.69) is 4.98 Å². The van der Waals surface area contributed by atoms with Crippen LogP contribution in [-0.4, -0.2) is 86.2 Å². The van der Waals surface area contributed by atoms with Crippen molar-refractivity contribution in [1.82, 2.24) is 14.8 Å². The zero-order valence-corrected chi connectivity index (χ0v) is 19.0. The van der Waals surface area contributed by atoms with Crippen LogP contribution in [0.25, 0.3) is 10.9 Å². The highest BCUT2D eigenvalue weighted by molar-refractivity contribution is 6.01. The summed E-state index contributed by atoms with van der Waals surface area (Å²) in [6.07, 6.45) is -1.62. The quantitative estimate of drug-likeness (QED) is 0.525. The largest absolute Gasteiger partial charge is 0.497 e. The molecule has 2 fully saturated rings. The average molecular weight is 459 g/mol. The van der Waals surface area contributed by atoms with Crippen LogP contribution in [0.15, 0.2) is 18.2 Å². The van der Waals surface area contributed by atoms with Gasteiger partial charge in [-0.1, -0.05) is 0 Å². The van der Waals surface area contributed by atoms with Gasteiger partial charge in [-0.3, -0.25) is 14.5 Å². The lowest BCUT2D eigenvalue weighted by molar-refractivity contribution is -0.247. The number of aromatic amines is 1. The van der Waals surface area contributed by atoms with Crippen molar-refractivity contribution in [3.05, 3.63) is 29.5 Å². The summed E-state index contributed by atoms with van der Waals surface area (Å²) in [4.78, 5) is 33.1. The van der Waals surface area contributed by atoms with E-state index >= 15 is 0 Å². The summed E-state index contributed by atoms with van der Waals surface area (Å²) in [6, 6.07) is 3.33. The number of nitrogens with one attached hydrogen (secondary N) is 1. The lowest BCUT2D eigenvalue weighted by atomic mass is 9.78. The Morgan fingerprint density at radius 1 is 1.27 bits per heavy atom. The molecule has 0 unspecified atom stereocenters. The number of H-pyrrole nitrogens is 1. The number of rotatable bonds is 4. The molecule has 10 heteroatoms. The van der Waals surface area contributed by atoms with Gasteiger partial charge in [0.1, 0.15) is 30.0 Å². The number of methoxy groups -OCH3 is 2. The van der Waals surface area contributed by atoms with Crippen LogP contribution in [0.5, 0.6) is 5.75 Å². The first-order valence-electron chi connectivity index (χ1n) is 11.0. The summed E-state index contributed by atoms with van der Waals surface area (Å²) in [7, 11) is 2.91. The topological polar surface area (TPSA) is 136 Å². The molecule has 1 aromatic heterocycles. The first-order chi connectivity index (χ1) is 15.6. The molecule has 10 nitrogen and oxygen atoms in total. The van der Waals surface area contributed by atoms with E-state index in [4.69, 9.17) is 9.47 Å². The number of aromatic nitrogens is 1. The Bertz CT molecular complexity index is 1140. The molecule has 2 amide bonds. The zero-order valence-electron chi connectivity index (χ0n) is 19.0. The number of amides is 2. The number of carbonyl (C=O) groups excluding carboxylic acids is 2. The van der Waals surface area contributed by atoms with Crippen molar-refractivity contribution in [2.75, 3.05) is 20.8 Å². The summed E-state index contributed by atoms with van der Waals surface area (Å²) in [5.74, 6) is -0.538. The van der Waals surface area contributed by atoms with E-state index in [0.717, 1.165) is 4.90 Å². The normalized spacial score (nSPS) is 30.3. The number of hydrogen-bond donors (Lipinski definition) is 4. The van der Waals surface area contributed by atoms with Crippen LogP contribution in [0.3, 0.4) is 0 Å². The molecule has 0 aliphatic carbocycles. The van der Waals surface area contributed by atoms with Crippen molar-refractivity contribution in [3.63, 3.8) is 0 Å². The Kier molecular flexibility index (Phi) is 4.81. The van der Waals surface area contributed by atoms with Gasteiger partial charge < -0.3 is 34.7 Å². The number of hydrogen-bond acceptors (Lipinski definition) is 7. The maximum Gasteiger partial charge on any atom is 0.279 e. The van der Waals surface area contributed by atoms with Gasteiger partial charge >= 0.3 is 0 Å². The van der Waals surface area contributed by atoms with E-state index in [1.165, 1.54) is 33.0 Å². The van der Waals surface area contributed by atoms with Crippen LogP contribution < -0.4 is 4.74 Å². The maximum atomic E-state index is 13.7. The Hall–Kier alpha value is -2.66. The van der Waals surface area contributed by atoms with E-state index in [0.29, 0.717) is 47.3 Å². The predicted octanol–water partition coefficient (Wildman–Crippen LogP) is 0.572. The van der Waals surface area contributed by atoms with Crippen LogP contribution >= 0.6 is 0 Å². The molecule has 3 aliphatic rings. The maximum absolute atomic E-state index is 13.7. The number of aliphatic hydroxyl groups excluding tert-OH is 1. The van der Waals surface area contributed by atoms with Gasteiger partial charge in [-0.25, -0.2) is 0 Å². The van der Waals surface area contributed by atoms with E-state index < -0.39 is 47.4 Å². The number of ether oxygens (including phenoxy) is 2. The second-order valence-corrected chi connectivity index (χ2v) is 9.61. The average Bonchev–Trinajstić information content (AvgIpc) is 3.40. The van der Waals surface area contributed by atoms with Crippen LogP contribution in [0, 0.1) is 0 Å². The third kappa shape index (κ3) is 2.81. The van der Waals surface area contributed by atoms with E-state index in [1.807, 2.05) is 0 Å². The van der Waals surface area contributed by atoms with Crippen molar-refractivity contribution in [2.45, 2.75) is 62.3 Å². The molecule has 4 N–H and O–H groups in total. The SMILES string of the molecule is COc1ccc2c3c([nH]c2c1)[C@H]([C@H](O)C(C)(C)O)N1C(=O)[C@@H]2CCCN2C(=O)[C@@]1(O)[C@H]3OC. The number of benzene rings is 1. The summed E-state index contributed by atoms with van der Waals surface area (Å²) in [5, 5.41) is 34.7. The van der Waals surface area contributed by atoms with Gasteiger partial charge in [0.05, 0.1) is 12.7 Å². The Balaban J connectivity index is 1.83. The molecule has 5 atom stereocenters.